The molecule has 0 fully saturated rings. The smallest absolute Gasteiger partial charge is 0.267 e. The van der Waals surface area contributed by atoms with E-state index < -0.39 is 0 Å². The van der Waals surface area contributed by atoms with Gasteiger partial charge in [0, 0.05) is 0 Å². The van der Waals surface area contributed by atoms with Gasteiger partial charge in [0.25, 0.3) is 5.56 Å². The van der Waals surface area contributed by atoms with Crippen molar-refractivity contribution in [3.8, 4) is 5.69 Å². The molecule has 0 spiro atoms. The molecule has 2 aromatic heterocycles. The van der Waals surface area contributed by atoms with E-state index in [2.05, 4.69) is 30.1 Å². The Balaban J connectivity index is 2.24. The first kappa shape index (κ1) is 15.9. The molecule has 5 nitrogen and oxygen atoms in total. The highest BCUT2D eigenvalue weighted by molar-refractivity contribution is 7.98. The first-order valence-electron chi connectivity index (χ1n) is 8.15. The summed E-state index contributed by atoms with van der Waals surface area (Å²) in [6, 6.07) is 15.6. The van der Waals surface area contributed by atoms with Gasteiger partial charge in [-0.2, -0.15) is 0 Å². The van der Waals surface area contributed by atoms with Gasteiger partial charge in [0.15, 0.2) is 5.16 Å². The topological polar surface area (TPSA) is 52.2 Å². The van der Waals surface area contributed by atoms with Gasteiger partial charge >= 0.3 is 0 Å². The maximum atomic E-state index is 13.3. The fourth-order valence-corrected chi connectivity index (χ4v) is 3.69. The summed E-state index contributed by atoms with van der Waals surface area (Å²) in [5.41, 5.74) is 2.72. The molecule has 126 valence electrons. The van der Waals surface area contributed by atoms with Crippen molar-refractivity contribution < 1.29 is 0 Å². The molecular formula is C19H18N4OS. The predicted octanol–water partition coefficient (Wildman–Crippen LogP) is 3.88. The van der Waals surface area contributed by atoms with Crippen LogP contribution >= 0.6 is 11.8 Å². The van der Waals surface area contributed by atoms with Crippen molar-refractivity contribution in [3.63, 3.8) is 0 Å². The molecule has 4 aromatic rings. The zero-order valence-corrected chi connectivity index (χ0v) is 15.1. The summed E-state index contributed by atoms with van der Waals surface area (Å²) < 4.78 is 3.64. The Kier molecular flexibility index (Phi) is 3.84. The number of para-hydroxylation sites is 2. The van der Waals surface area contributed by atoms with Crippen molar-refractivity contribution in [2.75, 3.05) is 6.26 Å². The second-order valence-corrected chi connectivity index (χ2v) is 6.97. The van der Waals surface area contributed by atoms with Crippen LogP contribution in [0.5, 0.6) is 0 Å². The lowest BCUT2D eigenvalue weighted by molar-refractivity contribution is 0.837. The van der Waals surface area contributed by atoms with Gasteiger partial charge < -0.3 is 0 Å². The molecule has 0 amide bonds. The van der Waals surface area contributed by atoms with Crippen molar-refractivity contribution in [2.24, 2.45) is 0 Å². The molecule has 0 atom stereocenters. The minimum absolute atomic E-state index is 0.0729. The van der Waals surface area contributed by atoms with E-state index >= 15 is 0 Å². The van der Waals surface area contributed by atoms with Crippen LogP contribution < -0.4 is 5.56 Å². The van der Waals surface area contributed by atoms with Gasteiger partial charge in [-0.1, -0.05) is 55.9 Å². The third kappa shape index (κ3) is 2.36. The molecule has 4 rings (SSSR count). The SMILES string of the molecule is CSc1nnc2n(-c3ccccc3C(C)C)c(=O)c3ccccc3n12. The molecule has 0 N–H and O–H groups in total. The molecule has 2 aromatic carbocycles. The van der Waals surface area contributed by atoms with E-state index in [1.807, 2.05) is 53.1 Å². The van der Waals surface area contributed by atoms with Crippen LogP contribution in [0, 0.1) is 0 Å². The monoisotopic (exact) mass is 350 g/mol. The average Bonchev–Trinajstić information content (AvgIpc) is 3.06. The Morgan fingerprint density at radius 3 is 2.48 bits per heavy atom. The summed E-state index contributed by atoms with van der Waals surface area (Å²) in [6.07, 6.45) is 1.96. The summed E-state index contributed by atoms with van der Waals surface area (Å²) in [7, 11) is 0. The Hall–Kier alpha value is -2.60. The van der Waals surface area contributed by atoms with Gasteiger partial charge in [0.1, 0.15) is 0 Å². The van der Waals surface area contributed by atoms with Crippen LogP contribution in [0.3, 0.4) is 0 Å². The lowest BCUT2D eigenvalue weighted by atomic mass is 10.0. The molecule has 0 aliphatic heterocycles. The lowest BCUT2D eigenvalue weighted by Crippen LogP contribution is -2.23. The highest BCUT2D eigenvalue weighted by Gasteiger charge is 2.19. The molecule has 0 saturated carbocycles. The third-order valence-corrected chi connectivity index (χ3v) is 5.01. The van der Waals surface area contributed by atoms with Crippen molar-refractivity contribution in [1.29, 1.82) is 0 Å². The van der Waals surface area contributed by atoms with E-state index in [1.165, 1.54) is 11.8 Å². The van der Waals surface area contributed by atoms with Crippen molar-refractivity contribution >= 4 is 28.4 Å². The lowest BCUT2D eigenvalue weighted by Gasteiger charge is -2.16. The van der Waals surface area contributed by atoms with Gasteiger partial charge in [-0.25, -0.2) is 4.57 Å². The Morgan fingerprint density at radius 2 is 1.72 bits per heavy atom. The summed E-state index contributed by atoms with van der Waals surface area (Å²) >= 11 is 1.51. The van der Waals surface area contributed by atoms with E-state index in [1.54, 1.807) is 4.57 Å². The number of hydrogen-bond donors (Lipinski definition) is 0. The van der Waals surface area contributed by atoms with Gasteiger partial charge in [0.05, 0.1) is 16.6 Å². The number of hydrogen-bond acceptors (Lipinski definition) is 4. The average molecular weight is 350 g/mol. The Morgan fingerprint density at radius 1 is 1.00 bits per heavy atom. The van der Waals surface area contributed by atoms with E-state index in [-0.39, 0.29) is 11.5 Å². The second-order valence-electron chi connectivity index (χ2n) is 6.19. The summed E-state index contributed by atoms with van der Waals surface area (Å²) in [5.74, 6) is 0.832. The molecule has 0 unspecified atom stereocenters. The molecule has 2 heterocycles. The summed E-state index contributed by atoms with van der Waals surface area (Å²) in [5, 5.41) is 10.0. The fraction of sp³-hybridized carbons (Fsp3) is 0.211. The summed E-state index contributed by atoms with van der Waals surface area (Å²) in [4.78, 5) is 13.3. The largest absolute Gasteiger partial charge is 0.268 e. The molecule has 0 saturated heterocycles. The van der Waals surface area contributed by atoms with Crippen LogP contribution in [0.1, 0.15) is 25.3 Å². The number of fused-ring (bicyclic) bond motifs is 3. The van der Waals surface area contributed by atoms with E-state index in [9.17, 15) is 4.79 Å². The summed E-state index contributed by atoms with van der Waals surface area (Å²) in [6.45, 7) is 4.25. The van der Waals surface area contributed by atoms with Gasteiger partial charge in [-0.15, -0.1) is 10.2 Å². The number of aromatic nitrogens is 4. The zero-order chi connectivity index (χ0) is 17.6. The number of rotatable bonds is 3. The molecule has 6 heteroatoms. The standard InChI is InChI=1S/C19H18N4OS/c1-12(2)13-8-4-6-10-15(13)22-17(24)14-9-5-7-11-16(14)23-18(22)20-21-19(23)25-3/h4-12H,1-3H3. The van der Waals surface area contributed by atoms with E-state index in [0.717, 1.165) is 21.9 Å². The highest BCUT2D eigenvalue weighted by atomic mass is 32.2. The first-order chi connectivity index (χ1) is 12.1. The third-order valence-electron chi connectivity index (χ3n) is 4.38. The molecule has 0 aliphatic rings. The molecular weight excluding hydrogens is 332 g/mol. The quantitative estimate of drug-likeness (QED) is 0.526. The molecule has 0 aliphatic carbocycles. The fourth-order valence-electron chi connectivity index (χ4n) is 3.21. The number of nitrogens with zero attached hydrogens (tertiary/aromatic N) is 4. The first-order valence-corrected chi connectivity index (χ1v) is 9.38. The normalized spacial score (nSPS) is 11.7. The second kappa shape index (κ2) is 6.04. The minimum atomic E-state index is -0.0729. The Bertz CT molecular complexity index is 1140. The highest BCUT2D eigenvalue weighted by Crippen LogP contribution is 2.26. The van der Waals surface area contributed by atoms with Gasteiger partial charge in [-0.05, 0) is 35.9 Å². The molecule has 0 radical (unpaired) electrons. The van der Waals surface area contributed by atoms with Crippen molar-refractivity contribution in [3.05, 3.63) is 64.4 Å². The van der Waals surface area contributed by atoms with Crippen molar-refractivity contribution in [2.45, 2.75) is 24.9 Å². The number of thioether (sulfide) groups is 1. The maximum absolute atomic E-state index is 13.3. The Labute approximate surface area is 149 Å². The minimum Gasteiger partial charge on any atom is -0.268 e. The van der Waals surface area contributed by atoms with Gasteiger partial charge in [-0.3, -0.25) is 9.20 Å². The van der Waals surface area contributed by atoms with Crippen LogP contribution in [-0.4, -0.2) is 25.4 Å². The van der Waals surface area contributed by atoms with Gasteiger partial charge in [0.2, 0.25) is 5.78 Å². The van der Waals surface area contributed by atoms with E-state index in [4.69, 9.17) is 0 Å². The van der Waals surface area contributed by atoms with Crippen LogP contribution in [-0.2, 0) is 0 Å². The molecule has 25 heavy (non-hydrogen) atoms. The molecule has 0 bridgehead atoms. The van der Waals surface area contributed by atoms with Crippen molar-refractivity contribution in [1.82, 2.24) is 19.2 Å². The maximum Gasteiger partial charge on any atom is 0.267 e. The van der Waals surface area contributed by atoms with Crippen LogP contribution in [0.15, 0.2) is 58.5 Å². The van der Waals surface area contributed by atoms with Crippen LogP contribution in [0.4, 0.5) is 0 Å². The predicted molar refractivity (Wildman–Crippen MR) is 102 cm³/mol. The van der Waals surface area contributed by atoms with Crippen LogP contribution in [0.25, 0.3) is 22.4 Å². The zero-order valence-electron chi connectivity index (χ0n) is 14.3. The van der Waals surface area contributed by atoms with E-state index in [0.29, 0.717) is 11.2 Å². The number of benzene rings is 2. The van der Waals surface area contributed by atoms with Crippen LogP contribution in [0.2, 0.25) is 0 Å².